The highest BCUT2D eigenvalue weighted by atomic mass is 35.5. The van der Waals surface area contributed by atoms with Crippen molar-refractivity contribution in [2.45, 2.75) is 13.0 Å². The molecule has 3 rings (SSSR count). The number of esters is 1. The molecule has 2 aromatic heterocycles. The van der Waals surface area contributed by atoms with Gasteiger partial charge in [-0.05, 0) is 25.1 Å². The lowest BCUT2D eigenvalue weighted by atomic mass is 10.1. The second-order valence-electron chi connectivity index (χ2n) is 4.67. The van der Waals surface area contributed by atoms with Gasteiger partial charge in [0.05, 0.1) is 5.56 Å². The fourth-order valence-corrected chi connectivity index (χ4v) is 2.52. The number of pyridine rings is 1. The van der Waals surface area contributed by atoms with E-state index in [1.54, 1.807) is 37.5 Å². The summed E-state index contributed by atoms with van der Waals surface area (Å²) in [5.41, 5.74) is 1.93. The summed E-state index contributed by atoms with van der Waals surface area (Å²) in [6, 6.07) is 10.8. The van der Waals surface area contributed by atoms with Crippen molar-refractivity contribution in [3.05, 3.63) is 64.9 Å². The maximum Gasteiger partial charge on any atom is 0.339 e. The standard InChI is InChI=1S/C16H13ClN2O2/c1-10(11-4-2-3-5-14(11)17)21-16(20)13-7-9-19-15-12(13)6-8-18-15/h2-10H,1H3,(H,18,19). The van der Waals surface area contributed by atoms with Gasteiger partial charge >= 0.3 is 5.97 Å². The molecule has 0 spiro atoms. The van der Waals surface area contributed by atoms with Crippen molar-refractivity contribution in [2.24, 2.45) is 0 Å². The summed E-state index contributed by atoms with van der Waals surface area (Å²) in [5.74, 6) is -0.394. The van der Waals surface area contributed by atoms with Crippen molar-refractivity contribution in [3.8, 4) is 0 Å². The van der Waals surface area contributed by atoms with Gasteiger partial charge in [-0.2, -0.15) is 0 Å². The minimum absolute atomic E-state index is 0.394. The van der Waals surface area contributed by atoms with Crippen molar-refractivity contribution >= 4 is 28.6 Å². The average molecular weight is 301 g/mol. The molecular weight excluding hydrogens is 288 g/mol. The highest BCUT2D eigenvalue weighted by molar-refractivity contribution is 6.31. The molecule has 1 N–H and O–H groups in total. The molecule has 106 valence electrons. The molecule has 1 aromatic carbocycles. The van der Waals surface area contributed by atoms with Crippen molar-refractivity contribution in [1.29, 1.82) is 0 Å². The van der Waals surface area contributed by atoms with Crippen LogP contribution in [0.25, 0.3) is 11.0 Å². The first-order chi connectivity index (χ1) is 10.2. The number of nitrogens with zero attached hydrogens (tertiary/aromatic N) is 1. The summed E-state index contributed by atoms with van der Waals surface area (Å²) in [7, 11) is 0. The van der Waals surface area contributed by atoms with Crippen molar-refractivity contribution < 1.29 is 9.53 Å². The van der Waals surface area contributed by atoms with Crippen LogP contribution in [0.5, 0.6) is 0 Å². The fraction of sp³-hybridized carbons (Fsp3) is 0.125. The van der Waals surface area contributed by atoms with Crippen LogP contribution in [0.3, 0.4) is 0 Å². The number of fused-ring (bicyclic) bond motifs is 1. The number of rotatable bonds is 3. The van der Waals surface area contributed by atoms with E-state index in [-0.39, 0.29) is 0 Å². The van der Waals surface area contributed by atoms with Gasteiger partial charge in [0.15, 0.2) is 0 Å². The van der Waals surface area contributed by atoms with E-state index in [2.05, 4.69) is 9.97 Å². The number of H-pyrrole nitrogens is 1. The smallest absolute Gasteiger partial charge is 0.339 e. The Morgan fingerprint density at radius 1 is 1.29 bits per heavy atom. The van der Waals surface area contributed by atoms with E-state index >= 15 is 0 Å². The first-order valence-electron chi connectivity index (χ1n) is 6.54. The molecule has 1 atom stereocenters. The van der Waals surface area contributed by atoms with E-state index in [4.69, 9.17) is 16.3 Å². The quantitative estimate of drug-likeness (QED) is 0.740. The first-order valence-corrected chi connectivity index (χ1v) is 6.92. The van der Waals surface area contributed by atoms with Gasteiger partial charge in [-0.25, -0.2) is 9.78 Å². The molecule has 0 aliphatic rings. The third-order valence-electron chi connectivity index (χ3n) is 3.31. The molecule has 0 saturated heterocycles. The maximum atomic E-state index is 12.3. The number of hydrogen-bond acceptors (Lipinski definition) is 3. The van der Waals surface area contributed by atoms with Gasteiger partial charge in [-0.1, -0.05) is 29.8 Å². The average Bonchev–Trinajstić information content (AvgIpc) is 2.95. The SMILES string of the molecule is CC(OC(=O)c1ccnc2[nH]ccc12)c1ccccc1Cl. The number of carbonyl (C=O) groups excluding carboxylic acids is 1. The molecule has 5 heteroatoms. The lowest BCUT2D eigenvalue weighted by Crippen LogP contribution is -2.10. The van der Waals surface area contributed by atoms with E-state index in [0.717, 1.165) is 10.9 Å². The van der Waals surface area contributed by atoms with E-state index in [1.807, 2.05) is 18.2 Å². The van der Waals surface area contributed by atoms with Crippen LogP contribution in [0.2, 0.25) is 5.02 Å². The van der Waals surface area contributed by atoms with Gasteiger partial charge in [-0.15, -0.1) is 0 Å². The predicted molar refractivity (Wildman–Crippen MR) is 81.4 cm³/mol. The summed E-state index contributed by atoms with van der Waals surface area (Å²) in [5, 5.41) is 1.33. The van der Waals surface area contributed by atoms with E-state index in [0.29, 0.717) is 16.2 Å². The Hall–Kier alpha value is -2.33. The number of ether oxygens (including phenoxy) is 1. The zero-order valence-electron chi connectivity index (χ0n) is 11.3. The Morgan fingerprint density at radius 3 is 2.90 bits per heavy atom. The van der Waals surface area contributed by atoms with E-state index in [9.17, 15) is 4.79 Å². The zero-order valence-corrected chi connectivity index (χ0v) is 12.1. The number of hydrogen-bond donors (Lipinski definition) is 1. The third-order valence-corrected chi connectivity index (χ3v) is 3.65. The van der Waals surface area contributed by atoms with Crippen molar-refractivity contribution in [1.82, 2.24) is 9.97 Å². The molecule has 2 heterocycles. The molecule has 0 fully saturated rings. The highest BCUT2D eigenvalue weighted by Gasteiger charge is 2.18. The number of benzene rings is 1. The van der Waals surface area contributed by atoms with Crippen molar-refractivity contribution in [3.63, 3.8) is 0 Å². The number of aromatic nitrogens is 2. The van der Waals surface area contributed by atoms with Gasteiger partial charge in [0, 0.05) is 28.4 Å². The second kappa shape index (κ2) is 5.58. The summed E-state index contributed by atoms with van der Waals surface area (Å²) in [6.07, 6.45) is 2.90. The minimum Gasteiger partial charge on any atom is -0.454 e. The summed E-state index contributed by atoms with van der Waals surface area (Å²) in [4.78, 5) is 19.5. The third kappa shape index (κ3) is 2.62. The molecule has 1 unspecified atom stereocenters. The molecule has 3 aromatic rings. The van der Waals surface area contributed by atoms with Crippen LogP contribution in [0, 0.1) is 0 Å². The molecule has 21 heavy (non-hydrogen) atoms. The second-order valence-corrected chi connectivity index (χ2v) is 5.07. The van der Waals surface area contributed by atoms with Gasteiger partial charge in [0.25, 0.3) is 0 Å². The van der Waals surface area contributed by atoms with E-state index < -0.39 is 12.1 Å². The molecule has 4 nitrogen and oxygen atoms in total. The summed E-state index contributed by atoms with van der Waals surface area (Å²) >= 11 is 6.12. The van der Waals surface area contributed by atoms with Gasteiger partial charge in [-0.3, -0.25) is 0 Å². The Kier molecular flexibility index (Phi) is 3.62. The number of nitrogens with one attached hydrogen (secondary N) is 1. The van der Waals surface area contributed by atoms with Gasteiger partial charge in [0.2, 0.25) is 0 Å². The Morgan fingerprint density at radius 2 is 2.10 bits per heavy atom. The number of carbonyl (C=O) groups is 1. The Bertz CT molecular complexity index is 798. The highest BCUT2D eigenvalue weighted by Crippen LogP contribution is 2.26. The zero-order chi connectivity index (χ0) is 14.8. The topological polar surface area (TPSA) is 55.0 Å². The van der Waals surface area contributed by atoms with Crippen molar-refractivity contribution in [2.75, 3.05) is 0 Å². The van der Waals surface area contributed by atoms with Crippen LogP contribution >= 0.6 is 11.6 Å². The minimum atomic E-state index is -0.423. The lowest BCUT2D eigenvalue weighted by Gasteiger charge is -2.15. The number of halogens is 1. The first kappa shape index (κ1) is 13.6. The van der Waals surface area contributed by atoms with Gasteiger partial charge < -0.3 is 9.72 Å². The fourth-order valence-electron chi connectivity index (χ4n) is 2.23. The van der Waals surface area contributed by atoms with Crippen LogP contribution in [0.15, 0.2) is 48.8 Å². The van der Waals surface area contributed by atoms with Crippen LogP contribution in [-0.4, -0.2) is 15.9 Å². The van der Waals surface area contributed by atoms with Crippen LogP contribution in [0.1, 0.15) is 28.9 Å². The number of aromatic amines is 1. The molecular formula is C16H13ClN2O2. The monoisotopic (exact) mass is 300 g/mol. The van der Waals surface area contributed by atoms with Gasteiger partial charge in [0.1, 0.15) is 11.8 Å². The largest absolute Gasteiger partial charge is 0.454 e. The Labute approximate surface area is 126 Å². The summed E-state index contributed by atoms with van der Waals surface area (Å²) in [6.45, 7) is 1.80. The van der Waals surface area contributed by atoms with E-state index in [1.165, 1.54) is 0 Å². The molecule has 0 aliphatic carbocycles. The molecule has 0 saturated carbocycles. The normalized spacial score (nSPS) is 12.3. The molecule has 0 bridgehead atoms. The molecule has 0 aliphatic heterocycles. The lowest BCUT2D eigenvalue weighted by molar-refractivity contribution is 0.0340. The molecule has 0 amide bonds. The van der Waals surface area contributed by atoms with Crippen LogP contribution in [0.4, 0.5) is 0 Å². The maximum absolute atomic E-state index is 12.3. The van der Waals surface area contributed by atoms with Crippen LogP contribution in [-0.2, 0) is 4.74 Å². The summed E-state index contributed by atoms with van der Waals surface area (Å²) < 4.78 is 5.52. The predicted octanol–water partition coefficient (Wildman–Crippen LogP) is 4.13. The van der Waals surface area contributed by atoms with Crippen LogP contribution < -0.4 is 0 Å². The molecule has 0 radical (unpaired) electrons. The Balaban J connectivity index is 1.87.